The van der Waals surface area contributed by atoms with Gasteiger partial charge in [-0.2, -0.15) is 0 Å². The van der Waals surface area contributed by atoms with Crippen LogP contribution in [0.3, 0.4) is 0 Å². The van der Waals surface area contributed by atoms with Gasteiger partial charge in [-0.3, -0.25) is 0 Å². The first-order valence-corrected chi connectivity index (χ1v) is 24.6. The van der Waals surface area contributed by atoms with E-state index in [9.17, 15) is 29.1 Å². The maximum absolute atomic E-state index is 13.0. The fourth-order valence-electron chi connectivity index (χ4n) is 6.93. The minimum Gasteiger partial charge on any atom is -0.504 e. The lowest BCUT2D eigenvalue weighted by molar-refractivity contribution is -0.158. The van der Waals surface area contributed by atoms with Gasteiger partial charge in [0.05, 0.1) is 26.4 Å². The topological polar surface area (TPSA) is 203 Å². The van der Waals surface area contributed by atoms with Crippen LogP contribution in [-0.4, -0.2) is 79.3 Å². The molecule has 398 valence electrons. The van der Waals surface area contributed by atoms with Crippen molar-refractivity contribution in [3.8, 4) is 28.7 Å². The van der Waals surface area contributed by atoms with Crippen molar-refractivity contribution >= 4 is 30.1 Å². The third-order valence-corrected chi connectivity index (χ3v) is 10.6. The number of alkyl carbamates (subject to hydrolysis) is 2. The molecule has 2 unspecified atom stereocenters. The van der Waals surface area contributed by atoms with Gasteiger partial charge in [-0.1, -0.05) is 105 Å². The van der Waals surface area contributed by atoms with Crippen molar-refractivity contribution in [3.05, 3.63) is 149 Å². The number of benzene rings is 5. The van der Waals surface area contributed by atoms with Gasteiger partial charge in [-0.15, -0.1) is 0 Å². The summed E-state index contributed by atoms with van der Waals surface area (Å²) < 4.78 is 43.5. The quantitative estimate of drug-likeness (QED) is 0.0241. The van der Waals surface area contributed by atoms with E-state index in [1.165, 1.54) is 39.5 Å². The van der Waals surface area contributed by atoms with Crippen molar-refractivity contribution < 1.29 is 67.0 Å². The van der Waals surface area contributed by atoms with Crippen LogP contribution in [-0.2, 0) is 54.6 Å². The van der Waals surface area contributed by atoms with E-state index in [2.05, 4.69) is 17.6 Å². The van der Waals surface area contributed by atoms with Gasteiger partial charge in [0.15, 0.2) is 23.0 Å². The fraction of sp³-hybridized carbons (Fsp3) is 0.397. The SMILES string of the molecule is CCCCCCCOc1ccc(C(=O)Oc2ccc(CC(NC(=O)OCc3ccccc3)C(=O)OC(C)(C)C)cc2OC)cc1.COc1cc(CC(NC(=O)OCc2ccccc2)C(=O)OC(C)(C)C)ccc1O. The minimum atomic E-state index is -1.04. The van der Waals surface area contributed by atoms with E-state index >= 15 is 0 Å². The van der Waals surface area contributed by atoms with Crippen molar-refractivity contribution in [2.75, 3.05) is 20.8 Å². The number of methoxy groups -OCH3 is 2. The summed E-state index contributed by atoms with van der Waals surface area (Å²) in [5.41, 5.74) is 1.85. The van der Waals surface area contributed by atoms with Crippen LogP contribution in [0.4, 0.5) is 9.59 Å². The van der Waals surface area contributed by atoms with Gasteiger partial charge < -0.3 is 53.6 Å². The first-order chi connectivity index (χ1) is 35.2. The average molecular weight is 1020 g/mol. The first kappa shape index (κ1) is 58.8. The number of hydrogen-bond donors (Lipinski definition) is 3. The Morgan fingerprint density at radius 1 is 0.541 bits per heavy atom. The van der Waals surface area contributed by atoms with E-state index in [0.717, 1.165) is 24.0 Å². The van der Waals surface area contributed by atoms with Gasteiger partial charge in [-0.25, -0.2) is 24.0 Å². The minimum absolute atomic E-state index is 0.0136. The number of aromatic hydroxyl groups is 1. The zero-order chi connectivity index (χ0) is 54.1. The molecule has 0 saturated carbocycles. The molecule has 0 fully saturated rings. The molecule has 16 heteroatoms. The molecule has 0 heterocycles. The Bertz CT molecular complexity index is 2540. The molecule has 0 aliphatic carbocycles. The first-order valence-electron chi connectivity index (χ1n) is 24.6. The highest BCUT2D eigenvalue weighted by Gasteiger charge is 2.30. The van der Waals surface area contributed by atoms with Gasteiger partial charge >= 0.3 is 30.1 Å². The number of esters is 3. The molecule has 2 amide bonds. The fourth-order valence-corrected chi connectivity index (χ4v) is 6.93. The second-order valence-corrected chi connectivity index (χ2v) is 19.2. The molecule has 0 aromatic heterocycles. The molecule has 0 aliphatic heterocycles. The van der Waals surface area contributed by atoms with Gasteiger partial charge in [0.25, 0.3) is 0 Å². The zero-order valence-corrected chi connectivity index (χ0v) is 44.0. The molecule has 0 spiro atoms. The summed E-state index contributed by atoms with van der Waals surface area (Å²) in [6.45, 7) is 13.5. The zero-order valence-electron chi connectivity index (χ0n) is 44.0. The molecule has 0 aliphatic rings. The van der Waals surface area contributed by atoms with E-state index in [-0.39, 0.29) is 43.3 Å². The van der Waals surface area contributed by atoms with Gasteiger partial charge in [0.1, 0.15) is 42.2 Å². The van der Waals surface area contributed by atoms with Gasteiger partial charge in [0.2, 0.25) is 0 Å². The van der Waals surface area contributed by atoms with Crippen LogP contribution in [0.5, 0.6) is 28.7 Å². The van der Waals surface area contributed by atoms with Gasteiger partial charge in [0, 0.05) is 12.8 Å². The highest BCUT2D eigenvalue weighted by atomic mass is 16.6. The lowest BCUT2D eigenvalue weighted by Crippen LogP contribution is -2.45. The smallest absolute Gasteiger partial charge is 0.408 e. The van der Waals surface area contributed by atoms with Crippen molar-refractivity contribution in [2.45, 2.75) is 130 Å². The summed E-state index contributed by atoms with van der Waals surface area (Å²) in [6.07, 6.45) is 4.52. The summed E-state index contributed by atoms with van der Waals surface area (Å²) in [4.78, 5) is 63.4. The van der Waals surface area contributed by atoms with E-state index in [1.807, 2.05) is 60.7 Å². The number of amides is 2. The maximum atomic E-state index is 13.0. The Kier molecular flexibility index (Phi) is 23.6. The number of hydrogen-bond acceptors (Lipinski definition) is 14. The second kappa shape index (κ2) is 29.7. The average Bonchev–Trinajstić information content (AvgIpc) is 3.36. The lowest BCUT2D eigenvalue weighted by Gasteiger charge is -2.24. The third kappa shape index (κ3) is 21.9. The molecule has 5 rings (SSSR count). The largest absolute Gasteiger partial charge is 0.504 e. The normalized spacial score (nSPS) is 11.8. The number of phenols is 1. The Morgan fingerprint density at radius 2 is 1.01 bits per heavy atom. The van der Waals surface area contributed by atoms with Crippen molar-refractivity contribution in [1.29, 1.82) is 0 Å². The number of rotatable bonds is 23. The summed E-state index contributed by atoms with van der Waals surface area (Å²) in [7, 11) is 2.89. The molecule has 0 saturated heterocycles. The molecule has 16 nitrogen and oxygen atoms in total. The summed E-state index contributed by atoms with van der Waals surface area (Å²) in [5.74, 6) is -0.292. The second-order valence-electron chi connectivity index (χ2n) is 19.2. The number of phenolic OH excluding ortho intramolecular Hbond substituents is 1. The highest BCUT2D eigenvalue weighted by molar-refractivity contribution is 5.91. The predicted octanol–water partition coefficient (Wildman–Crippen LogP) is 11.0. The molecular formula is C58H72N2O14. The lowest BCUT2D eigenvalue weighted by atomic mass is 10.0. The van der Waals surface area contributed by atoms with Crippen LogP contribution in [0.15, 0.2) is 121 Å². The predicted molar refractivity (Wildman–Crippen MR) is 280 cm³/mol. The summed E-state index contributed by atoms with van der Waals surface area (Å²) in [6, 6.07) is 32.9. The van der Waals surface area contributed by atoms with E-state index in [4.69, 9.17) is 37.9 Å². The Hall–Kier alpha value is -7.75. The molecule has 5 aromatic rings. The Morgan fingerprint density at radius 3 is 1.49 bits per heavy atom. The molecule has 74 heavy (non-hydrogen) atoms. The van der Waals surface area contributed by atoms with Crippen LogP contribution in [0.25, 0.3) is 0 Å². The molecular weight excluding hydrogens is 949 g/mol. The van der Waals surface area contributed by atoms with Crippen LogP contribution in [0, 0.1) is 0 Å². The van der Waals surface area contributed by atoms with Gasteiger partial charge in [-0.05, 0) is 119 Å². The van der Waals surface area contributed by atoms with Crippen molar-refractivity contribution in [1.82, 2.24) is 10.6 Å². The van der Waals surface area contributed by atoms with Crippen LogP contribution in [0.1, 0.15) is 113 Å². The standard InChI is InChI=1S/C36H45NO8.C22H27NO6/c1-6-7-8-9-13-22-42-29-19-17-28(18-20-29)33(38)44-31-21-16-27(24-32(31)41-5)23-30(34(39)45-36(2,3)4)37-35(40)43-25-26-14-11-10-12-15-26;1-22(2,3)29-20(25)17(12-16-10-11-18(24)19(13-16)27-4)23-21(26)28-14-15-8-6-5-7-9-15/h10-12,14-21,24,30H,6-9,13,22-23,25H2,1-5H3,(H,37,40);5-11,13,17,24H,12,14H2,1-4H3,(H,23,26). The monoisotopic (exact) mass is 1020 g/mol. The van der Waals surface area contributed by atoms with E-state index in [0.29, 0.717) is 34.8 Å². The van der Waals surface area contributed by atoms with Crippen LogP contribution in [0.2, 0.25) is 0 Å². The number of ether oxygens (including phenoxy) is 8. The molecule has 0 bridgehead atoms. The third-order valence-electron chi connectivity index (χ3n) is 10.6. The molecule has 2 atom stereocenters. The van der Waals surface area contributed by atoms with Crippen LogP contribution < -0.4 is 29.6 Å². The Labute approximate surface area is 434 Å². The summed E-state index contributed by atoms with van der Waals surface area (Å²) in [5, 5.41) is 14.9. The number of nitrogens with one attached hydrogen (secondary N) is 2. The number of carbonyl (C=O) groups is 5. The van der Waals surface area contributed by atoms with E-state index < -0.39 is 53.4 Å². The molecule has 3 N–H and O–H groups in total. The van der Waals surface area contributed by atoms with E-state index in [1.54, 1.807) is 96.1 Å². The Balaban J connectivity index is 0.000000352. The number of carbonyl (C=O) groups excluding carboxylic acids is 5. The number of unbranched alkanes of at least 4 members (excludes halogenated alkanes) is 4. The van der Waals surface area contributed by atoms with Crippen molar-refractivity contribution in [2.24, 2.45) is 0 Å². The summed E-state index contributed by atoms with van der Waals surface area (Å²) >= 11 is 0. The van der Waals surface area contributed by atoms with Crippen LogP contribution >= 0.6 is 0 Å². The molecule has 0 radical (unpaired) electrons. The maximum Gasteiger partial charge on any atom is 0.408 e. The highest BCUT2D eigenvalue weighted by Crippen LogP contribution is 2.30. The van der Waals surface area contributed by atoms with Crippen molar-refractivity contribution in [3.63, 3.8) is 0 Å². The molecule has 5 aromatic carbocycles.